The fourth-order valence-electron chi connectivity index (χ4n) is 1.32. The van der Waals surface area contributed by atoms with Crippen LogP contribution >= 0.6 is 0 Å². The predicted octanol–water partition coefficient (Wildman–Crippen LogP) is -2.60. The summed E-state index contributed by atoms with van der Waals surface area (Å²) in [5.41, 5.74) is 5.50. The molecule has 1 rings (SSSR count). The molecular formula is C7H15NO5. The highest BCUT2D eigenvalue weighted by Gasteiger charge is 2.42. The van der Waals surface area contributed by atoms with Crippen molar-refractivity contribution in [2.75, 3.05) is 13.7 Å². The van der Waals surface area contributed by atoms with Gasteiger partial charge in [0.2, 0.25) is 0 Å². The van der Waals surface area contributed by atoms with Crippen LogP contribution in [-0.2, 0) is 9.47 Å². The molecule has 0 amide bonds. The lowest BCUT2D eigenvalue weighted by Gasteiger charge is -2.39. The lowest BCUT2D eigenvalue weighted by Crippen LogP contribution is -2.62. The number of ether oxygens (including phenoxy) is 2. The highest BCUT2D eigenvalue weighted by molar-refractivity contribution is 4.91. The van der Waals surface area contributed by atoms with Gasteiger partial charge in [-0.05, 0) is 0 Å². The Labute approximate surface area is 75.9 Å². The second-order valence-corrected chi connectivity index (χ2v) is 3.02. The van der Waals surface area contributed by atoms with Crippen LogP contribution in [0.5, 0.6) is 0 Å². The Morgan fingerprint density at radius 2 is 2.00 bits per heavy atom. The fraction of sp³-hybridized carbons (Fsp3) is 1.00. The number of rotatable bonds is 2. The molecule has 5 N–H and O–H groups in total. The summed E-state index contributed by atoms with van der Waals surface area (Å²) in [5.74, 6) is 0. The first-order chi connectivity index (χ1) is 6.11. The number of aliphatic hydroxyl groups is 3. The molecule has 3 unspecified atom stereocenters. The molecule has 0 bridgehead atoms. The molecule has 1 saturated heterocycles. The van der Waals surface area contributed by atoms with E-state index in [1.165, 1.54) is 7.11 Å². The molecular weight excluding hydrogens is 178 g/mol. The summed E-state index contributed by atoms with van der Waals surface area (Å²) < 4.78 is 9.90. The van der Waals surface area contributed by atoms with Gasteiger partial charge in [0, 0.05) is 7.11 Å². The monoisotopic (exact) mass is 193 g/mol. The smallest absolute Gasteiger partial charge is 0.175 e. The van der Waals surface area contributed by atoms with E-state index in [1.54, 1.807) is 0 Å². The Morgan fingerprint density at radius 1 is 1.38 bits per heavy atom. The van der Waals surface area contributed by atoms with Crippen LogP contribution in [0.1, 0.15) is 0 Å². The summed E-state index contributed by atoms with van der Waals surface area (Å²) in [6.45, 7) is -0.384. The Balaban J connectivity index is 2.66. The summed E-state index contributed by atoms with van der Waals surface area (Å²) in [5, 5.41) is 27.5. The molecule has 0 aromatic heterocycles. The van der Waals surface area contributed by atoms with E-state index in [2.05, 4.69) is 0 Å². The first-order valence-electron chi connectivity index (χ1n) is 4.02. The molecule has 13 heavy (non-hydrogen) atoms. The molecule has 1 heterocycles. The molecule has 0 saturated carbocycles. The van der Waals surface area contributed by atoms with Crippen molar-refractivity contribution < 1.29 is 24.8 Å². The first-order valence-corrected chi connectivity index (χ1v) is 4.02. The molecule has 6 nitrogen and oxygen atoms in total. The summed E-state index contributed by atoms with van der Waals surface area (Å²) in [4.78, 5) is 0. The molecule has 0 aromatic rings. The minimum absolute atomic E-state index is 0.384. The van der Waals surface area contributed by atoms with Crippen molar-refractivity contribution in [3.8, 4) is 0 Å². The van der Waals surface area contributed by atoms with Crippen molar-refractivity contribution >= 4 is 0 Å². The average Bonchev–Trinajstić information content (AvgIpc) is 2.15. The van der Waals surface area contributed by atoms with E-state index in [4.69, 9.17) is 20.3 Å². The van der Waals surface area contributed by atoms with E-state index in [1.807, 2.05) is 0 Å². The SMILES string of the molecule is COC1OC(CO)[C@H](O)[C@H](O)C1N. The largest absolute Gasteiger partial charge is 0.394 e. The number of methoxy groups -OCH3 is 1. The predicted molar refractivity (Wildman–Crippen MR) is 42.7 cm³/mol. The molecule has 1 aliphatic rings. The van der Waals surface area contributed by atoms with Crippen LogP contribution in [0.15, 0.2) is 0 Å². The van der Waals surface area contributed by atoms with Crippen LogP contribution in [-0.4, -0.2) is 59.7 Å². The number of hydrogen-bond donors (Lipinski definition) is 4. The van der Waals surface area contributed by atoms with E-state index < -0.39 is 30.6 Å². The molecule has 0 spiro atoms. The number of aliphatic hydroxyl groups excluding tert-OH is 3. The average molecular weight is 193 g/mol. The Morgan fingerprint density at radius 3 is 2.46 bits per heavy atom. The van der Waals surface area contributed by atoms with Crippen LogP contribution in [0.4, 0.5) is 0 Å². The molecule has 0 aliphatic carbocycles. The third-order valence-electron chi connectivity index (χ3n) is 2.16. The highest BCUT2D eigenvalue weighted by Crippen LogP contribution is 2.19. The van der Waals surface area contributed by atoms with Crippen molar-refractivity contribution in [3.63, 3.8) is 0 Å². The summed E-state index contributed by atoms with van der Waals surface area (Å²) in [6, 6.07) is -0.803. The molecule has 78 valence electrons. The number of nitrogens with two attached hydrogens (primary N) is 1. The minimum atomic E-state index is -1.17. The van der Waals surface area contributed by atoms with Crippen molar-refractivity contribution in [2.45, 2.75) is 30.6 Å². The third kappa shape index (κ3) is 1.98. The van der Waals surface area contributed by atoms with Gasteiger partial charge in [-0.1, -0.05) is 0 Å². The van der Waals surface area contributed by atoms with Crippen LogP contribution in [0.25, 0.3) is 0 Å². The molecule has 1 aliphatic heterocycles. The fourth-order valence-corrected chi connectivity index (χ4v) is 1.32. The molecule has 0 radical (unpaired) electrons. The quantitative estimate of drug-likeness (QED) is 0.383. The number of hydrogen-bond acceptors (Lipinski definition) is 6. The van der Waals surface area contributed by atoms with Gasteiger partial charge in [-0.15, -0.1) is 0 Å². The normalized spacial score (nSPS) is 46.4. The zero-order chi connectivity index (χ0) is 10.0. The molecule has 1 fully saturated rings. The van der Waals surface area contributed by atoms with Crippen LogP contribution in [0.2, 0.25) is 0 Å². The van der Waals surface area contributed by atoms with Crippen molar-refractivity contribution in [2.24, 2.45) is 5.73 Å². The first kappa shape index (κ1) is 10.8. The summed E-state index contributed by atoms with van der Waals surface area (Å²) in [6.07, 6.45) is -3.96. The maximum atomic E-state index is 9.40. The topological polar surface area (TPSA) is 105 Å². The zero-order valence-electron chi connectivity index (χ0n) is 7.33. The van der Waals surface area contributed by atoms with Crippen LogP contribution in [0, 0.1) is 0 Å². The third-order valence-corrected chi connectivity index (χ3v) is 2.16. The van der Waals surface area contributed by atoms with E-state index in [-0.39, 0.29) is 6.61 Å². The van der Waals surface area contributed by atoms with E-state index in [0.717, 1.165) is 0 Å². The highest BCUT2D eigenvalue weighted by atomic mass is 16.7. The maximum absolute atomic E-state index is 9.40. The standard InChI is InChI=1S/C7H15NO5/c1-12-7-4(8)6(11)5(10)3(2-9)13-7/h3-7,9-11H,2,8H2,1H3/t3?,4?,5-,6+,7?/m0/s1. The van der Waals surface area contributed by atoms with E-state index in [0.29, 0.717) is 0 Å². The molecule has 0 aromatic carbocycles. The van der Waals surface area contributed by atoms with E-state index in [9.17, 15) is 10.2 Å². The van der Waals surface area contributed by atoms with Crippen molar-refractivity contribution in [1.82, 2.24) is 0 Å². The Bertz CT molecular complexity index is 147. The van der Waals surface area contributed by atoms with Gasteiger partial charge in [-0.2, -0.15) is 0 Å². The molecule has 6 heteroatoms. The van der Waals surface area contributed by atoms with Gasteiger partial charge in [0.15, 0.2) is 6.29 Å². The maximum Gasteiger partial charge on any atom is 0.175 e. The Kier molecular flexibility index (Phi) is 3.60. The van der Waals surface area contributed by atoms with E-state index >= 15 is 0 Å². The summed E-state index contributed by atoms with van der Waals surface area (Å²) in [7, 11) is 1.38. The zero-order valence-corrected chi connectivity index (χ0v) is 7.33. The van der Waals surface area contributed by atoms with Crippen molar-refractivity contribution in [3.05, 3.63) is 0 Å². The Hall–Kier alpha value is -0.240. The minimum Gasteiger partial charge on any atom is -0.394 e. The lowest BCUT2D eigenvalue weighted by molar-refractivity contribution is -0.257. The van der Waals surface area contributed by atoms with Gasteiger partial charge in [-0.25, -0.2) is 0 Å². The summed E-state index contributed by atoms with van der Waals surface area (Å²) >= 11 is 0. The van der Waals surface area contributed by atoms with Gasteiger partial charge in [0.25, 0.3) is 0 Å². The second-order valence-electron chi connectivity index (χ2n) is 3.02. The van der Waals surface area contributed by atoms with Gasteiger partial charge >= 0.3 is 0 Å². The van der Waals surface area contributed by atoms with Gasteiger partial charge in [-0.3, -0.25) is 0 Å². The second kappa shape index (κ2) is 4.32. The molecule has 5 atom stereocenters. The van der Waals surface area contributed by atoms with Crippen molar-refractivity contribution in [1.29, 1.82) is 0 Å². The van der Waals surface area contributed by atoms with Crippen LogP contribution in [0.3, 0.4) is 0 Å². The van der Waals surface area contributed by atoms with Crippen LogP contribution < -0.4 is 5.73 Å². The van der Waals surface area contributed by atoms with Gasteiger partial charge in [0.05, 0.1) is 12.6 Å². The van der Waals surface area contributed by atoms with Gasteiger partial charge in [0.1, 0.15) is 18.3 Å². The van der Waals surface area contributed by atoms with Gasteiger partial charge < -0.3 is 30.5 Å². The lowest BCUT2D eigenvalue weighted by atomic mass is 9.98.